The number of piperidine rings is 1. The summed E-state index contributed by atoms with van der Waals surface area (Å²) in [6, 6.07) is 0. The molecule has 0 bridgehead atoms. The van der Waals surface area contributed by atoms with Crippen molar-refractivity contribution in [1.29, 1.82) is 0 Å². The van der Waals surface area contributed by atoms with Crippen LogP contribution >= 0.6 is 11.3 Å². The van der Waals surface area contributed by atoms with Crippen molar-refractivity contribution in [3.05, 3.63) is 11.1 Å². The number of rotatable bonds is 2. The summed E-state index contributed by atoms with van der Waals surface area (Å²) in [7, 11) is 0. The third kappa shape index (κ3) is 2.08. The molecular formula is C11H18N2S. The average Bonchev–Trinajstić information content (AvgIpc) is 2.68. The molecule has 0 aromatic carbocycles. The highest BCUT2D eigenvalue weighted by molar-refractivity contribution is 7.15. The lowest BCUT2D eigenvalue weighted by atomic mass is 10.1. The molecule has 0 N–H and O–H groups in total. The second kappa shape index (κ2) is 4.30. The highest BCUT2D eigenvalue weighted by atomic mass is 32.1. The summed E-state index contributed by atoms with van der Waals surface area (Å²) in [5.41, 5.74) is 0. The fourth-order valence-corrected chi connectivity index (χ4v) is 2.74. The lowest BCUT2D eigenvalue weighted by molar-refractivity contribution is 0.577. The summed E-state index contributed by atoms with van der Waals surface area (Å²) in [6.07, 6.45) is 6.09. The van der Waals surface area contributed by atoms with Crippen LogP contribution in [0, 0.1) is 0 Å². The van der Waals surface area contributed by atoms with E-state index in [2.05, 4.69) is 23.7 Å². The minimum Gasteiger partial charge on any atom is -0.348 e. The fraction of sp³-hybridized carbons (Fsp3) is 0.727. The zero-order chi connectivity index (χ0) is 9.97. The first-order chi connectivity index (χ1) is 6.77. The van der Waals surface area contributed by atoms with Crippen molar-refractivity contribution in [2.45, 2.75) is 39.0 Å². The Morgan fingerprint density at radius 1 is 1.29 bits per heavy atom. The van der Waals surface area contributed by atoms with Crippen LogP contribution in [-0.2, 0) is 0 Å². The van der Waals surface area contributed by atoms with Gasteiger partial charge in [-0.2, -0.15) is 0 Å². The summed E-state index contributed by atoms with van der Waals surface area (Å²) in [5, 5.41) is 1.23. The van der Waals surface area contributed by atoms with Crippen LogP contribution in [0.25, 0.3) is 0 Å². The molecule has 1 saturated heterocycles. The van der Waals surface area contributed by atoms with Gasteiger partial charge in [0.15, 0.2) is 5.13 Å². The molecule has 1 aromatic heterocycles. The maximum Gasteiger partial charge on any atom is 0.185 e. The smallest absolute Gasteiger partial charge is 0.185 e. The number of nitrogens with zero attached hydrogens (tertiary/aromatic N) is 2. The van der Waals surface area contributed by atoms with Gasteiger partial charge in [0.1, 0.15) is 0 Å². The van der Waals surface area contributed by atoms with Crippen LogP contribution < -0.4 is 4.90 Å². The molecule has 0 atom stereocenters. The van der Waals surface area contributed by atoms with Gasteiger partial charge in [0.2, 0.25) is 0 Å². The van der Waals surface area contributed by atoms with Gasteiger partial charge in [-0.3, -0.25) is 0 Å². The first-order valence-corrected chi connectivity index (χ1v) is 6.29. The van der Waals surface area contributed by atoms with E-state index in [1.807, 2.05) is 17.5 Å². The lowest BCUT2D eigenvalue weighted by Crippen LogP contribution is -2.29. The molecule has 1 aliphatic rings. The molecule has 78 valence electrons. The summed E-state index contributed by atoms with van der Waals surface area (Å²) < 4.78 is 0. The van der Waals surface area contributed by atoms with Crippen molar-refractivity contribution in [2.24, 2.45) is 0 Å². The Hall–Kier alpha value is -0.570. The summed E-state index contributed by atoms with van der Waals surface area (Å²) in [6.45, 7) is 6.86. The van der Waals surface area contributed by atoms with Gasteiger partial charge in [0, 0.05) is 24.2 Å². The Morgan fingerprint density at radius 2 is 2.00 bits per heavy atom. The number of hydrogen-bond acceptors (Lipinski definition) is 3. The molecule has 0 amide bonds. The van der Waals surface area contributed by atoms with Gasteiger partial charge in [-0.1, -0.05) is 13.8 Å². The van der Waals surface area contributed by atoms with E-state index in [1.165, 1.54) is 42.4 Å². The van der Waals surface area contributed by atoms with Crippen molar-refractivity contribution in [2.75, 3.05) is 18.0 Å². The van der Waals surface area contributed by atoms with E-state index >= 15 is 0 Å². The SMILES string of the molecule is CC(C)c1cnc(N2CCCCC2)s1. The molecule has 14 heavy (non-hydrogen) atoms. The maximum absolute atomic E-state index is 4.51. The maximum atomic E-state index is 4.51. The van der Waals surface area contributed by atoms with Crippen LogP contribution in [0.3, 0.4) is 0 Å². The normalized spacial score (nSPS) is 17.8. The molecule has 1 aliphatic heterocycles. The molecule has 2 heterocycles. The Morgan fingerprint density at radius 3 is 2.57 bits per heavy atom. The van der Waals surface area contributed by atoms with Crippen molar-refractivity contribution < 1.29 is 0 Å². The van der Waals surface area contributed by atoms with E-state index in [0.717, 1.165) is 0 Å². The quantitative estimate of drug-likeness (QED) is 0.745. The highest BCUT2D eigenvalue weighted by Gasteiger charge is 2.14. The molecule has 0 unspecified atom stereocenters. The number of hydrogen-bond donors (Lipinski definition) is 0. The van der Waals surface area contributed by atoms with Gasteiger partial charge in [0.05, 0.1) is 0 Å². The van der Waals surface area contributed by atoms with Crippen LogP contribution in [-0.4, -0.2) is 18.1 Å². The molecule has 0 spiro atoms. The monoisotopic (exact) mass is 210 g/mol. The number of anilines is 1. The highest BCUT2D eigenvalue weighted by Crippen LogP contribution is 2.29. The van der Waals surface area contributed by atoms with Crippen molar-refractivity contribution in [1.82, 2.24) is 4.98 Å². The largest absolute Gasteiger partial charge is 0.348 e. The molecular weight excluding hydrogens is 192 g/mol. The Balaban J connectivity index is 2.07. The molecule has 1 fully saturated rings. The predicted octanol–water partition coefficient (Wildman–Crippen LogP) is 3.26. The molecule has 1 aromatic rings. The molecule has 0 saturated carbocycles. The standard InChI is InChI=1S/C11H18N2S/c1-9(2)10-8-12-11(14-10)13-6-4-3-5-7-13/h8-9H,3-7H2,1-2H3. The molecule has 0 aliphatic carbocycles. The molecule has 3 heteroatoms. The first-order valence-electron chi connectivity index (χ1n) is 5.48. The zero-order valence-corrected chi connectivity index (χ0v) is 9.81. The third-order valence-corrected chi connectivity index (χ3v) is 4.07. The van der Waals surface area contributed by atoms with Crippen molar-refractivity contribution in [3.63, 3.8) is 0 Å². The van der Waals surface area contributed by atoms with Crippen molar-refractivity contribution in [3.8, 4) is 0 Å². The fourth-order valence-electron chi connectivity index (χ4n) is 1.78. The van der Waals surface area contributed by atoms with Gasteiger partial charge in [0.25, 0.3) is 0 Å². The summed E-state index contributed by atoms with van der Waals surface area (Å²) >= 11 is 1.86. The van der Waals surface area contributed by atoms with E-state index in [9.17, 15) is 0 Å². The Bertz CT molecular complexity index is 287. The molecule has 0 radical (unpaired) electrons. The lowest BCUT2D eigenvalue weighted by Gasteiger charge is -2.25. The minimum atomic E-state index is 0.617. The number of aromatic nitrogens is 1. The van der Waals surface area contributed by atoms with Crippen LogP contribution in [0.5, 0.6) is 0 Å². The second-order valence-corrected chi connectivity index (χ2v) is 5.29. The zero-order valence-electron chi connectivity index (χ0n) is 8.99. The van der Waals surface area contributed by atoms with Gasteiger partial charge in [-0.05, 0) is 25.2 Å². The van der Waals surface area contributed by atoms with Crippen LogP contribution in [0.1, 0.15) is 43.9 Å². The minimum absolute atomic E-state index is 0.617. The van der Waals surface area contributed by atoms with E-state index in [-0.39, 0.29) is 0 Å². The van der Waals surface area contributed by atoms with Crippen molar-refractivity contribution >= 4 is 16.5 Å². The topological polar surface area (TPSA) is 16.1 Å². The van der Waals surface area contributed by atoms with E-state index in [1.54, 1.807) is 0 Å². The van der Waals surface area contributed by atoms with Crippen LogP contribution in [0.4, 0.5) is 5.13 Å². The van der Waals surface area contributed by atoms with E-state index < -0.39 is 0 Å². The van der Waals surface area contributed by atoms with Gasteiger partial charge < -0.3 is 4.90 Å². The molecule has 2 rings (SSSR count). The summed E-state index contributed by atoms with van der Waals surface area (Å²) in [4.78, 5) is 8.34. The van der Waals surface area contributed by atoms with Gasteiger partial charge in [-0.25, -0.2) is 4.98 Å². The second-order valence-electron chi connectivity index (χ2n) is 4.25. The Kier molecular flexibility index (Phi) is 3.06. The van der Waals surface area contributed by atoms with Crippen LogP contribution in [0.2, 0.25) is 0 Å². The third-order valence-electron chi connectivity index (χ3n) is 2.71. The number of thiazole rings is 1. The van der Waals surface area contributed by atoms with E-state index in [4.69, 9.17) is 0 Å². The van der Waals surface area contributed by atoms with E-state index in [0.29, 0.717) is 5.92 Å². The van der Waals surface area contributed by atoms with Gasteiger partial charge in [-0.15, -0.1) is 11.3 Å². The van der Waals surface area contributed by atoms with Crippen LogP contribution in [0.15, 0.2) is 6.20 Å². The van der Waals surface area contributed by atoms with Gasteiger partial charge >= 0.3 is 0 Å². The molecule has 2 nitrogen and oxygen atoms in total. The Labute approximate surface area is 90.0 Å². The summed E-state index contributed by atoms with van der Waals surface area (Å²) in [5.74, 6) is 0.617. The average molecular weight is 210 g/mol. The predicted molar refractivity (Wildman–Crippen MR) is 62.3 cm³/mol. The first kappa shape index (κ1) is 9.97.